The predicted octanol–water partition coefficient (Wildman–Crippen LogP) is 2.27. The molecule has 2 aromatic heterocycles. The summed E-state index contributed by atoms with van der Waals surface area (Å²) in [6.45, 7) is 2.08. The molecule has 1 saturated heterocycles. The Kier molecular flexibility index (Phi) is 5.18. The third-order valence-electron chi connectivity index (χ3n) is 5.06. The van der Waals surface area contributed by atoms with Crippen molar-refractivity contribution in [2.45, 2.75) is 12.6 Å². The summed E-state index contributed by atoms with van der Waals surface area (Å²) in [6.07, 6.45) is -3.03. The molecule has 158 valence electrons. The van der Waals surface area contributed by atoms with Gasteiger partial charge in [0.15, 0.2) is 0 Å². The Labute approximate surface area is 169 Å². The third kappa shape index (κ3) is 3.87. The van der Waals surface area contributed by atoms with E-state index in [1.54, 1.807) is 11.0 Å². The van der Waals surface area contributed by atoms with Gasteiger partial charge in [-0.1, -0.05) is 0 Å². The van der Waals surface area contributed by atoms with E-state index in [1.807, 2.05) is 11.0 Å². The Balaban J connectivity index is 1.55. The van der Waals surface area contributed by atoms with E-state index >= 15 is 0 Å². The number of ether oxygens (including phenoxy) is 1. The molecule has 4 rings (SSSR count). The molecule has 0 saturated carbocycles. The van der Waals surface area contributed by atoms with E-state index in [0.717, 1.165) is 11.8 Å². The number of rotatable bonds is 4. The molecule has 0 atom stereocenters. The van der Waals surface area contributed by atoms with Gasteiger partial charge in [0.2, 0.25) is 5.91 Å². The lowest BCUT2D eigenvalue weighted by atomic mass is 10.1. The Morgan fingerprint density at radius 3 is 2.57 bits per heavy atom. The smallest absolute Gasteiger partial charge is 0.433 e. The molecule has 1 aliphatic rings. The van der Waals surface area contributed by atoms with Gasteiger partial charge in [-0.05, 0) is 24.3 Å². The summed E-state index contributed by atoms with van der Waals surface area (Å²) in [5.74, 6) is 0.735. The molecule has 1 N–H and O–H groups in total. The molecule has 0 unspecified atom stereocenters. The number of amides is 1. The number of carbonyl (C=O) groups excluding carboxylic acids is 1. The fourth-order valence-corrected chi connectivity index (χ4v) is 3.54. The maximum atomic E-state index is 13.1. The summed E-state index contributed by atoms with van der Waals surface area (Å²) in [4.78, 5) is 24.0. The lowest BCUT2D eigenvalue weighted by Crippen LogP contribution is -2.49. The number of alkyl halides is 3. The molecule has 30 heavy (non-hydrogen) atoms. The van der Waals surface area contributed by atoms with E-state index in [0.29, 0.717) is 37.4 Å². The molecule has 0 spiro atoms. The first-order valence-corrected chi connectivity index (χ1v) is 9.28. The minimum absolute atomic E-state index is 0.0533. The number of pyridine rings is 1. The largest absolute Gasteiger partial charge is 0.494 e. The first-order valence-electron chi connectivity index (χ1n) is 9.28. The molecular weight excluding hydrogens is 401 g/mol. The Bertz CT molecular complexity index is 1050. The Hall–Kier alpha value is -3.37. The lowest BCUT2D eigenvalue weighted by molar-refractivity contribution is -0.141. The van der Waals surface area contributed by atoms with E-state index in [9.17, 15) is 18.0 Å². The summed E-state index contributed by atoms with van der Waals surface area (Å²) >= 11 is 0. The number of hydrogen-bond donors (Lipinski definition) is 1. The van der Waals surface area contributed by atoms with Crippen molar-refractivity contribution >= 4 is 22.5 Å². The zero-order valence-corrected chi connectivity index (χ0v) is 16.1. The highest BCUT2D eigenvalue weighted by molar-refractivity contribution is 5.96. The second kappa shape index (κ2) is 7.81. The fourth-order valence-electron chi connectivity index (χ4n) is 3.54. The van der Waals surface area contributed by atoms with Gasteiger partial charge >= 0.3 is 6.18 Å². The quantitative estimate of drug-likeness (QED) is 0.697. The number of aromatic nitrogens is 4. The maximum absolute atomic E-state index is 13.1. The monoisotopic (exact) mass is 420 g/mol. The van der Waals surface area contributed by atoms with Crippen LogP contribution in [0, 0.1) is 0 Å². The summed E-state index contributed by atoms with van der Waals surface area (Å²) in [7, 11) is 1.40. The van der Waals surface area contributed by atoms with Crippen LogP contribution in [0.1, 0.15) is 11.5 Å². The second-order valence-corrected chi connectivity index (χ2v) is 6.85. The number of benzene rings is 1. The zero-order valence-electron chi connectivity index (χ0n) is 16.1. The van der Waals surface area contributed by atoms with Crippen LogP contribution in [0.25, 0.3) is 10.9 Å². The number of nitrogens with one attached hydrogen (secondary N) is 1. The van der Waals surface area contributed by atoms with Crippen LogP contribution >= 0.6 is 0 Å². The van der Waals surface area contributed by atoms with Gasteiger partial charge in [0.25, 0.3) is 0 Å². The summed E-state index contributed by atoms with van der Waals surface area (Å²) in [5.41, 5.74) is -0.0451. The van der Waals surface area contributed by atoms with Crippen molar-refractivity contribution in [1.82, 2.24) is 25.1 Å². The molecule has 0 radical (unpaired) electrons. The van der Waals surface area contributed by atoms with Gasteiger partial charge in [-0.25, -0.2) is 9.97 Å². The third-order valence-corrected chi connectivity index (χ3v) is 5.06. The zero-order chi connectivity index (χ0) is 21.3. The number of piperazine rings is 1. The fraction of sp³-hybridized carbons (Fsp3) is 0.368. The van der Waals surface area contributed by atoms with E-state index < -0.39 is 11.9 Å². The van der Waals surface area contributed by atoms with E-state index in [-0.39, 0.29) is 23.6 Å². The van der Waals surface area contributed by atoms with Crippen LogP contribution in [0.3, 0.4) is 0 Å². The van der Waals surface area contributed by atoms with E-state index in [4.69, 9.17) is 4.74 Å². The molecule has 0 bridgehead atoms. The average molecular weight is 420 g/mol. The first kappa shape index (κ1) is 19.9. The standard InChI is InChI=1S/C19H19F3N6O2/c1-30-14-4-3-13(12-2-5-15(19(20,21)22)25-18(12)14)27-6-8-28(9-7-27)17(29)10-16-23-11-24-26-16/h2-5,11H,6-10H2,1H3,(H,23,24,26). The SMILES string of the molecule is COc1ccc(N2CCN(C(=O)Cc3ncn[nH]3)CC2)c2ccc(C(F)(F)F)nc12. The highest BCUT2D eigenvalue weighted by atomic mass is 19.4. The van der Waals surface area contributed by atoms with Gasteiger partial charge in [0.1, 0.15) is 29.1 Å². The van der Waals surface area contributed by atoms with Crippen LogP contribution in [-0.4, -0.2) is 64.3 Å². The minimum atomic E-state index is -4.54. The van der Waals surface area contributed by atoms with Gasteiger partial charge in [-0.2, -0.15) is 18.3 Å². The van der Waals surface area contributed by atoms with Crippen molar-refractivity contribution in [3.8, 4) is 5.75 Å². The van der Waals surface area contributed by atoms with Crippen LogP contribution in [0.4, 0.5) is 18.9 Å². The summed E-state index contributed by atoms with van der Waals surface area (Å²) in [5, 5.41) is 6.98. The van der Waals surface area contributed by atoms with Gasteiger partial charge in [0.05, 0.1) is 13.5 Å². The van der Waals surface area contributed by atoms with Crippen molar-refractivity contribution in [1.29, 1.82) is 0 Å². The molecule has 3 heterocycles. The summed E-state index contributed by atoms with van der Waals surface area (Å²) in [6, 6.07) is 5.82. The van der Waals surface area contributed by atoms with Crippen LogP contribution in [0.15, 0.2) is 30.6 Å². The van der Waals surface area contributed by atoms with Crippen molar-refractivity contribution in [2.24, 2.45) is 0 Å². The molecule has 1 aliphatic heterocycles. The Morgan fingerprint density at radius 1 is 1.17 bits per heavy atom. The molecule has 1 fully saturated rings. The van der Waals surface area contributed by atoms with Crippen LogP contribution < -0.4 is 9.64 Å². The van der Waals surface area contributed by atoms with Crippen LogP contribution in [0.5, 0.6) is 5.75 Å². The number of H-pyrrole nitrogens is 1. The normalized spacial score (nSPS) is 14.9. The molecule has 8 nitrogen and oxygen atoms in total. The van der Waals surface area contributed by atoms with Gasteiger partial charge < -0.3 is 14.5 Å². The number of anilines is 1. The number of carbonyl (C=O) groups is 1. The predicted molar refractivity (Wildman–Crippen MR) is 102 cm³/mol. The highest BCUT2D eigenvalue weighted by Gasteiger charge is 2.33. The summed E-state index contributed by atoms with van der Waals surface area (Å²) < 4.78 is 44.5. The number of halogens is 3. The van der Waals surface area contributed by atoms with E-state index in [1.165, 1.54) is 19.5 Å². The second-order valence-electron chi connectivity index (χ2n) is 6.85. The number of nitrogens with zero attached hydrogens (tertiary/aromatic N) is 5. The molecule has 0 aliphatic carbocycles. The van der Waals surface area contributed by atoms with Crippen LogP contribution in [-0.2, 0) is 17.4 Å². The topological polar surface area (TPSA) is 87.2 Å². The maximum Gasteiger partial charge on any atom is 0.433 e. The van der Waals surface area contributed by atoms with Crippen molar-refractivity contribution in [3.05, 3.63) is 42.1 Å². The number of hydrogen-bond acceptors (Lipinski definition) is 6. The van der Waals surface area contributed by atoms with Crippen molar-refractivity contribution < 1.29 is 22.7 Å². The molecule has 3 aromatic rings. The molecule has 1 amide bonds. The van der Waals surface area contributed by atoms with Gasteiger partial charge in [-0.3, -0.25) is 9.89 Å². The number of fused-ring (bicyclic) bond motifs is 1. The average Bonchev–Trinajstić information content (AvgIpc) is 3.25. The van der Waals surface area contributed by atoms with Gasteiger partial charge in [0, 0.05) is 37.3 Å². The van der Waals surface area contributed by atoms with Crippen molar-refractivity contribution in [3.63, 3.8) is 0 Å². The first-order chi connectivity index (χ1) is 14.4. The Morgan fingerprint density at radius 2 is 1.93 bits per heavy atom. The number of aromatic amines is 1. The lowest BCUT2D eigenvalue weighted by Gasteiger charge is -2.36. The molecule has 11 heteroatoms. The minimum Gasteiger partial charge on any atom is -0.494 e. The number of methoxy groups -OCH3 is 1. The molecular formula is C19H19F3N6O2. The van der Waals surface area contributed by atoms with Gasteiger partial charge in [-0.15, -0.1) is 0 Å². The van der Waals surface area contributed by atoms with E-state index in [2.05, 4.69) is 20.2 Å². The highest BCUT2D eigenvalue weighted by Crippen LogP contribution is 2.36. The van der Waals surface area contributed by atoms with Crippen LogP contribution in [0.2, 0.25) is 0 Å². The van der Waals surface area contributed by atoms with Crippen molar-refractivity contribution in [2.75, 3.05) is 38.2 Å². The molecule has 1 aromatic carbocycles.